The van der Waals surface area contributed by atoms with Gasteiger partial charge in [-0.25, -0.2) is 17.7 Å². The first-order valence-corrected chi connectivity index (χ1v) is 12.3. The fourth-order valence-electron chi connectivity index (χ4n) is 3.33. The second kappa shape index (κ2) is 10.5. The molecule has 0 radical (unpaired) electrons. The monoisotopic (exact) mass is 491 g/mol. The van der Waals surface area contributed by atoms with Gasteiger partial charge in [-0.1, -0.05) is 18.5 Å². The second-order valence-corrected chi connectivity index (χ2v) is 10.3. The normalized spacial score (nSPS) is 11.8. The van der Waals surface area contributed by atoms with Crippen LogP contribution in [-0.4, -0.2) is 48.1 Å². The molecular weight excluding hydrogens is 466 g/mol. The van der Waals surface area contributed by atoms with Crippen molar-refractivity contribution in [2.75, 3.05) is 14.1 Å². The zero-order valence-corrected chi connectivity index (χ0v) is 20.3. The molecule has 1 aromatic heterocycles. The molecule has 0 aliphatic heterocycles. The van der Waals surface area contributed by atoms with Gasteiger partial charge in [0.1, 0.15) is 12.4 Å². The van der Waals surface area contributed by atoms with E-state index in [1.807, 2.05) is 11.5 Å². The van der Waals surface area contributed by atoms with Crippen molar-refractivity contribution in [1.82, 2.24) is 13.9 Å². The lowest BCUT2D eigenvalue weighted by Gasteiger charge is -2.11. The molecule has 0 unspecified atom stereocenters. The van der Waals surface area contributed by atoms with Crippen molar-refractivity contribution in [3.8, 4) is 0 Å². The zero-order chi connectivity index (χ0) is 24.2. The number of hydrogen-bond acceptors (Lipinski definition) is 6. The third-order valence-electron chi connectivity index (χ3n) is 5.11. The van der Waals surface area contributed by atoms with Crippen molar-refractivity contribution in [3.05, 3.63) is 58.9 Å². The van der Waals surface area contributed by atoms with Crippen LogP contribution in [0, 0.1) is 0 Å². The number of benzene rings is 2. The molecular formula is C23H26ClN3O5S. The van der Waals surface area contributed by atoms with Gasteiger partial charge in [0, 0.05) is 37.6 Å². The summed E-state index contributed by atoms with van der Waals surface area (Å²) in [6.45, 7) is 2.57. The maximum absolute atomic E-state index is 12.4. The highest BCUT2D eigenvalue weighted by molar-refractivity contribution is 7.89. The van der Waals surface area contributed by atoms with Crippen molar-refractivity contribution in [1.29, 1.82) is 0 Å². The molecule has 3 rings (SSSR count). The molecule has 0 saturated carbocycles. The molecule has 0 atom stereocenters. The summed E-state index contributed by atoms with van der Waals surface area (Å²) >= 11 is 5.83. The lowest BCUT2D eigenvalue weighted by atomic mass is 10.1. The SMILES string of the molecule is CCCn1c(COC(=O)CCC(=O)c2ccc(Cl)cc2)nc2cc(S(=O)(=O)N(C)C)ccc21. The summed E-state index contributed by atoms with van der Waals surface area (Å²) < 4.78 is 33.3. The molecule has 33 heavy (non-hydrogen) atoms. The van der Waals surface area contributed by atoms with Gasteiger partial charge in [0.2, 0.25) is 10.0 Å². The molecule has 8 nitrogen and oxygen atoms in total. The summed E-state index contributed by atoms with van der Waals surface area (Å²) in [5.74, 6) is -0.164. The van der Waals surface area contributed by atoms with Crippen LogP contribution in [0.5, 0.6) is 0 Å². The highest BCUT2D eigenvalue weighted by Gasteiger charge is 2.20. The zero-order valence-electron chi connectivity index (χ0n) is 18.7. The highest BCUT2D eigenvalue weighted by Crippen LogP contribution is 2.23. The first-order valence-electron chi connectivity index (χ1n) is 10.5. The molecule has 0 fully saturated rings. The number of ketones is 1. The van der Waals surface area contributed by atoms with E-state index in [1.165, 1.54) is 20.2 Å². The minimum absolute atomic E-state index is 0.0254. The Hall–Kier alpha value is -2.75. The largest absolute Gasteiger partial charge is 0.457 e. The number of aryl methyl sites for hydroxylation is 1. The number of imidazole rings is 1. The van der Waals surface area contributed by atoms with Crippen molar-refractivity contribution < 1.29 is 22.7 Å². The Kier molecular flexibility index (Phi) is 7.88. The summed E-state index contributed by atoms with van der Waals surface area (Å²) in [4.78, 5) is 29.1. The number of carbonyl (C=O) groups is 2. The fourth-order valence-corrected chi connectivity index (χ4v) is 4.38. The first kappa shape index (κ1) is 24.9. The van der Waals surface area contributed by atoms with E-state index in [-0.39, 0.29) is 30.1 Å². The number of ether oxygens (including phenoxy) is 1. The number of fused-ring (bicyclic) bond motifs is 1. The summed E-state index contributed by atoms with van der Waals surface area (Å²) in [6, 6.07) is 11.3. The number of halogens is 1. The number of rotatable bonds is 10. The van der Waals surface area contributed by atoms with E-state index in [1.54, 1.807) is 36.4 Å². The summed E-state index contributed by atoms with van der Waals surface area (Å²) in [5.41, 5.74) is 1.76. The van der Waals surface area contributed by atoms with E-state index < -0.39 is 16.0 Å². The van der Waals surface area contributed by atoms with Gasteiger partial charge in [0.25, 0.3) is 0 Å². The topological polar surface area (TPSA) is 98.6 Å². The maximum atomic E-state index is 12.4. The molecule has 10 heteroatoms. The Bertz CT molecular complexity index is 1270. The van der Waals surface area contributed by atoms with Crippen molar-refractivity contribution in [3.63, 3.8) is 0 Å². The van der Waals surface area contributed by atoms with E-state index in [0.29, 0.717) is 28.5 Å². The Morgan fingerprint density at radius 2 is 1.79 bits per heavy atom. The average Bonchev–Trinajstić information content (AvgIpc) is 3.13. The van der Waals surface area contributed by atoms with Crippen LogP contribution in [0.4, 0.5) is 0 Å². The van der Waals surface area contributed by atoms with Gasteiger partial charge in [0.05, 0.1) is 22.3 Å². The molecule has 176 valence electrons. The first-order chi connectivity index (χ1) is 15.6. The molecule has 1 heterocycles. The Morgan fingerprint density at radius 1 is 1.09 bits per heavy atom. The standard InChI is InChI=1S/C23H26ClN3O5S/c1-4-13-27-20-10-9-18(33(30,31)26(2)3)14-19(20)25-22(27)15-32-23(29)12-11-21(28)16-5-7-17(24)8-6-16/h5-10,14H,4,11-13,15H2,1-3H3. The molecule has 0 saturated heterocycles. The Labute approximate surface area is 198 Å². The lowest BCUT2D eigenvalue weighted by molar-refractivity contribution is -0.145. The van der Waals surface area contributed by atoms with Crippen LogP contribution in [-0.2, 0) is 32.7 Å². The molecule has 0 aliphatic carbocycles. The van der Waals surface area contributed by atoms with Crippen LogP contribution in [0.25, 0.3) is 11.0 Å². The quantitative estimate of drug-likeness (QED) is 0.313. The number of nitrogens with zero attached hydrogens (tertiary/aromatic N) is 3. The van der Waals surface area contributed by atoms with Crippen LogP contribution in [0.3, 0.4) is 0 Å². The van der Waals surface area contributed by atoms with Gasteiger partial charge >= 0.3 is 5.97 Å². The van der Waals surface area contributed by atoms with Crippen LogP contribution in [0.1, 0.15) is 42.4 Å². The predicted octanol–water partition coefficient (Wildman–Crippen LogP) is 4.06. The third-order valence-corrected chi connectivity index (χ3v) is 7.17. The minimum atomic E-state index is -3.59. The fraction of sp³-hybridized carbons (Fsp3) is 0.348. The lowest BCUT2D eigenvalue weighted by Crippen LogP contribution is -2.22. The van der Waals surface area contributed by atoms with Crippen LogP contribution in [0.2, 0.25) is 5.02 Å². The molecule has 0 N–H and O–H groups in total. The van der Waals surface area contributed by atoms with E-state index in [0.717, 1.165) is 16.2 Å². The van der Waals surface area contributed by atoms with E-state index in [2.05, 4.69) is 4.98 Å². The summed E-state index contributed by atoms with van der Waals surface area (Å²) in [7, 11) is -0.651. The summed E-state index contributed by atoms with van der Waals surface area (Å²) in [5, 5.41) is 0.535. The number of esters is 1. The molecule has 2 aromatic carbocycles. The van der Waals surface area contributed by atoms with Gasteiger partial charge in [-0.3, -0.25) is 9.59 Å². The van der Waals surface area contributed by atoms with Gasteiger partial charge in [-0.05, 0) is 48.9 Å². The smallest absolute Gasteiger partial charge is 0.306 e. The van der Waals surface area contributed by atoms with Gasteiger partial charge in [-0.15, -0.1) is 0 Å². The molecule has 0 spiro atoms. The Morgan fingerprint density at radius 3 is 2.42 bits per heavy atom. The molecule has 3 aromatic rings. The van der Waals surface area contributed by atoms with Crippen LogP contribution < -0.4 is 0 Å². The predicted molar refractivity (Wildman–Crippen MR) is 126 cm³/mol. The van der Waals surface area contributed by atoms with Crippen molar-refractivity contribution in [2.45, 2.75) is 44.2 Å². The number of Topliss-reactive ketones (excluding diaryl/α,β-unsaturated/α-hetero) is 1. The van der Waals surface area contributed by atoms with Crippen molar-refractivity contribution in [2.24, 2.45) is 0 Å². The number of sulfonamides is 1. The number of aromatic nitrogens is 2. The Balaban J connectivity index is 1.70. The molecule has 0 amide bonds. The molecule has 0 bridgehead atoms. The average molecular weight is 492 g/mol. The van der Waals surface area contributed by atoms with Gasteiger partial charge in [-0.2, -0.15) is 0 Å². The van der Waals surface area contributed by atoms with E-state index >= 15 is 0 Å². The summed E-state index contributed by atoms with van der Waals surface area (Å²) in [6.07, 6.45) is 0.790. The number of hydrogen-bond donors (Lipinski definition) is 0. The van der Waals surface area contributed by atoms with Crippen LogP contribution >= 0.6 is 11.6 Å². The van der Waals surface area contributed by atoms with Gasteiger partial charge < -0.3 is 9.30 Å². The maximum Gasteiger partial charge on any atom is 0.306 e. The second-order valence-electron chi connectivity index (χ2n) is 7.71. The van der Waals surface area contributed by atoms with Crippen molar-refractivity contribution >= 4 is 44.4 Å². The highest BCUT2D eigenvalue weighted by atomic mass is 35.5. The van der Waals surface area contributed by atoms with E-state index in [9.17, 15) is 18.0 Å². The minimum Gasteiger partial charge on any atom is -0.457 e. The third kappa shape index (κ3) is 5.79. The number of carbonyl (C=O) groups excluding carboxylic acids is 2. The molecule has 0 aliphatic rings. The van der Waals surface area contributed by atoms with Crippen LogP contribution in [0.15, 0.2) is 47.4 Å². The van der Waals surface area contributed by atoms with Gasteiger partial charge in [0.15, 0.2) is 5.78 Å². The van der Waals surface area contributed by atoms with E-state index in [4.69, 9.17) is 16.3 Å².